The summed E-state index contributed by atoms with van der Waals surface area (Å²) in [5.41, 5.74) is 0. The third kappa shape index (κ3) is 9.71. The van der Waals surface area contributed by atoms with Gasteiger partial charge in [-0.3, -0.25) is 4.90 Å². The molecule has 1 saturated heterocycles. The van der Waals surface area contributed by atoms with Crippen molar-refractivity contribution in [1.82, 2.24) is 4.90 Å². The van der Waals surface area contributed by atoms with E-state index < -0.39 is 9.84 Å². The van der Waals surface area contributed by atoms with Gasteiger partial charge in [-0.2, -0.15) is 0 Å². The highest BCUT2D eigenvalue weighted by Gasteiger charge is 2.26. The van der Waals surface area contributed by atoms with Crippen LogP contribution in [0, 0.1) is 0 Å². The van der Waals surface area contributed by atoms with Gasteiger partial charge in [-0.1, -0.05) is 78.1 Å². The van der Waals surface area contributed by atoms with E-state index in [0.29, 0.717) is 17.5 Å². The number of hydrogen-bond acceptors (Lipinski definition) is 3. The van der Waals surface area contributed by atoms with Gasteiger partial charge in [0.1, 0.15) is 0 Å². The van der Waals surface area contributed by atoms with Crippen LogP contribution in [0.1, 0.15) is 90.9 Å². The Morgan fingerprint density at radius 1 is 0.739 bits per heavy atom. The van der Waals surface area contributed by atoms with E-state index in [9.17, 15) is 8.42 Å². The lowest BCUT2D eigenvalue weighted by Crippen LogP contribution is -2.46. The molecule has 3 nitrogen and oxygen atoms in total. The monoisotopic (exact) mass is 345 g/mol. The summed E-state index contributed by atoms with van der Waals surface area (Å²) in [6.07, 6.45) is 15.8. The number of sulfone groups is 1. The second-order valence-electron chi connectivity index (χ2n) is 7.25. The van der Waals surface area contributed by atoms with Crippen LogP contribution in [0.5, 0.6) is 0 Å². The molecular formula is C19H39NO2S. The summed E-state index contributed by atoms with van der Waals surface area (Å²) in [5.74, 6) is 0.740. The van der Waals surface area contributed by atoms with Crippen LogP contribution in [-0.2, 0) is 9.84 Å². The van der Waals surface area contributed by atoms with Crippen LogP contribution in [0.2, 0.25) is 0 Å². The minimum atomic E-state index is -2.76. The van der Waals surface area contributed by atoms with Crippen molar-refractivity contribution in [2.24, 2.45) is 0 Å². The second kappa shape index (κ2) is 12.3. The molecule has 1 aliphatic heterocycles. The highest BCUT2D eigenvalue weighted by molar-refractivity contribution is 7.91. The molecule has 4 heteroatoms. The molecule has 0 aliphatic carbocycles. The fourth-order valence-corrected chi connectivity index (χ4v) is 4.80. The van der Waals surface area contributed by atoms with Crippen molar-refractivity contribution in [2.45, 2.75) is 96.9 Å². The predicted octanol–water partition coefficient (Wildman–Crippen LogP) is 4.81. The highest BCUT2D eigenvalue weighted by atomic mass is 32.2. The summed E-state index contributed by atoms with van der Waals surface area (Å²) in [4.78, 5) is 2.47. The lowest BCUT2D eigenvalue weighted by Gasteiger charge is -2.34. The molecular weight excluding hydrogens is 306 g/mol. The van der Waals surface area contributed by atoms with Crippen molar-refractivity contribution in [3.05, 3.63) is 0 Å². The van der Waals surface area contributed by atoms with Gasteiger partial charge in [0.25, 0.3) is 0 Å². The summed E-state index contributed by atoms with van der Waals surface area (Å²) in [5, 5.41) is 0. The summed E-state index contributed by atoms with van der Waals surface area (Å²) in [6, 6.07) is 0.619. The molecule has 0 amide bonds. The minimum Gasteiger partial charge on any atom is -0.298 e. The van der Waals surface area contributed by atoms with E-state index in [-0.39, 0.29) is 0 Å². The topological polar surface area (TPSA) is 37.4 Å². The first kappa shape index (κ1) is 21.0. The average Bonchev–Trinajstić information content (AvgIpc) is 2.53. The maximum absolute atomic E-state index is 11.7. The van der Waals surface area contributed by atoms with Gasteiger partial charge in [-0.15, -0.1) is 0 Å². The van der Waals surface area contributed by atoms with Gasteiger partial charge in [0.15, 0.2) is 9.84 Å². The van der Waals surface area contributed by atoms with Crippen molar-refractivity contribution in [3.63, 3.8) is 0 Å². The quantitative estimate of drug-likeness (QED) is 0.450. The Labute approximate surface area is 145 Å². The van der Waals surface area contributed by atoms with Crippen LogP contribution >= 0.6 is 0 Å². The summed E-state index contributed by atoms with van der Waals surface area (Å²) >= 11 is 0. The standard InChI is InChI=1S/C19H39NO2S/c1-3-5-7-9-11-13-19(14-12-10-8-6-4-2)20-15-17-23(21,22)18-16-20/h19H,3-18H2,1-2H3. The number of rotatable bonds is 13. The summed E-state index contributed by atoms with van der Waals surface area (Å²) in [6.45, 7) is 6.04. The maximum atomic E-state index is 11.7. The van der Waals surface area contributed by atoms with Gasteiger partial charge in [0, 0.05) is 19.1 Å². The molecule has 0 saturated carbocycles. The lowest BCUT2D eigenvalue weighted by atomic mass is 9.99. The van der Waals surface area contributed by atoms with Gasteiger partial charge in [0.2, 0.25) is 0 Å². The zero-order chi connectivity index (χ0) is 17.0. The van der Waals surface area contributed by atoms with Crippen LogP contribution in [0.25, 0.3) is 0 Å². The fraction of sp³-hybridized carbons (Fsp3) is 1.00. The Morgan fingerprint density at radius 3 is 1.61 bits per heavy atom. The van der Waals surface area contributed by atoms with Crippen molar-refractivity contribution < 1.29 is 8.42 Å². The molecule has 0 aromatic heterocycles. The van der Waals surface area contributed by atoms with Crippen LogP contribution < -0.4 is 0 Å². The van der Waals surface area contributed by atoms with Gasteiger partial charge in [-0.25, -0.2) is 8.42 Å². The number of unbranched alkanes of at least 4 members (excludes halogenated alkanes) is 8. The summed E-state index contributed by atoms with van der Waals surface area (Å²) in [7, 11) is -2.76. The molecule has 0 atom stereocenters. The SMILES string of the molecule is CCCCCCCC(CCCCCCC)N1CCS(=O)(=O)CC1. The van der Waals surface area contributed by atoms with E-state index in [1.165, 1.54) is 77.0 Å². The van der Waals surface area contributed by atoms with Crippen LogP contribution in [0.4, 0.5) is 0 Å². The van der Waals surface area contributed by atoms with E-state index in [2.05, 4.69) is 18.7 Å². The fourth-order valence-electron chi connectivity index (χ4n) is 3.57. The van der Waals surface area contributed by atoms with Gasteiger partial charge in [0.05, 0.1) is 11.5 Å². The number of nitrogens with zero attached hydrogens (tertiary/aromatic N) is 1. The average molecular weight is 346 g/mol. The van der Waals surface area contributed by atoms with Gasteiger partial charge >= 0.3 is 0 Å². The Bertz CT molecular complexity index is 353. The molecule has 1 rings (SSSR count). The van der Waals surface area contributed by atoms with E-state index in [1.807, 2.05) is 0 Å². The predicted molar refractivity (Wildman–Crippen MR) is 101 cm³/mol. The lowest BCUT2D eigenvalue weighted by molar-refractivity contribution is 0.184. The molecule has 1 aliphatic rings. The van der Waals surface area contributed by atoms with Crippen molar-refractivity contribution >= 4 is 9.84 Å². The van der Waals surface area contributed by atoms with Crippen molar-refractivity contribution in [1.29, 1.82) is 0 Å². The molecule has 0 unspecified atom stereocenters. The molecule has 0 N–H and O–H groups in total. The molecule has 1 fully saturated rings. The molecule has 0 aromatic rings. The van der Waals surface area contributed by atoms with E-state index in [0.717, 1.165) is 13.1 Å². The zero-order valence-corrected chi connectivity index (χ0v) is 16.4. The first-order chi connectivity index (χ1) is 11.1. The maximum Gasteiger partial charge on any atom is 0.152 e. The van der Waals surface area contributed by atoms with E-state index in [4.69, 9.17) is 0 Å². The molecule has 0 bridgehead atoms. The van der Waals surface area contributed by atoms with Gasteiger partial charge < -0.3 is 0 Å². The number of hydrogen-bond donors (Lipinski definition) is 0. The molecule has 1 heterocycles. The third-order valence-electron chi connectivity index (χ3n) is 5.18. The third-order valence-corrected chi connectivity index (χ3v) is 6.79. The van der Waals surface area contributed by atoms with E-state index in [1.54, 1.807) is 0 Å². The molecule has 0 spiro atoms. The Hall–Kier alpha value is -0.0900. The summed E-state index contributed by atoms with van der Waals surface area (Å²) < 4.78 is 23.3. The Kier molecular flexibility index (Phi) is 11.2. The van der Waals surface area contributed by atoms with Crippen LogP contribution in [-0.4, -0.2) is 44.0 Å². The first-order valence-electron chi connectivity index (χ1n) is 10.0. The van der Waals surface area contributed by atoms with Gasteiger partial charge in [-0.05, 0) is 12.8 Å². The minimum absolute atomic E-state index is 0.370. The Morgan fingerprint density at radius 2 is 1.17 bits per heavy atom. The second-order valence-corrected chi connectivity index (χ2v) is 9.55. The largest absolute Gasteiger partial charge is 0.298 e. The molecule has 138 valence electrons. The van der Waals surface area contributed by atoms with E-state index >= 15 is 0 Å². The highest BCUT2D eigenvalue weighted by Crippen LogP contribution is 2.20. The van der Waals surface area contributed by atoms with Crippen LogP contribution in [0.15, 0.2) is 0 Å². The normalized spacial score (nSPS) is 18.6. The van der Waals surface area contributed by atoms with Crippen molar-refractivity contribution in [3.8, 4) is 0 Å². The Balaban J connectivity index is 2.34. The molecule has 0 aromatic carbocycles. The molecule has 0 radical (unpaired) electrons. The molecule has 23 heavy (non-hydrogen) atoms. The zero-order valence-electron chi connectivity index (χ0n) is 15.6. The smallest absolute Gasteiger partial charge is 0.152 e. The van der Waals surface area contributed by atoms with Crippen molar-refractivity contribution in [2.75, 3.05) is 24.6 Å². The first-order valence-corrected chi connectivity index (χ1v) is 11.9. The van der Waals surface area contributed by atoms with Crippen LogP contribution in [0.3, 0.4) is 0 Å².